The van der Waals surface area contributed by atoms with Crippen LogP contribution in [0.1, 0.15) is 10.4 Å². The molecule has 0 bridgehead atoms. The van der Waals surface area contributed by atoms with Crippen molar-refractivity contribution in [2.24, 2.45) is 0 Å². The van der Waals surface area contributed by atoms with E-state index in [1.165, 1.54) is 17.0 Å². The first-order chi connectivity index (χ1) is 8.58. The molecule has 0 saturated heterocycles. The van der Waals surface area contributed by atoms with Gasteiger partial charge in [-0.1, -0.05) is 23.2 Å². The van der Waals surface area contributed by atoms with E-state index in [9.17, 15) is 4.79 Å². The molecule has 0 aliphatic carbocycles. The Balaban J connectivity index is 2.78. The fraction of sp³-hybridized carbons (Fsp3) is 0.250. The van der Waals surface area contributed by atoms with Gasteiger partial charge in [0.2, 0.25) is 0 Å². The molecule has 0 radical (unpaired) electrons. The predicted octanol–water partition coefficient (Wildman–Crippen LogP) is 2.53. The van der Waals surface area contributed by atoms with Crippen LogP contribution in [0.15, 0.2) is 18.2 Å². The Labute approximate surface area is 115 Å². The van der Waals surface area contributed by atoms with E-state index in [4.69, 9.17) is 33.7 Å². The molecule has 6 heteroatoms. The van der Waals surface area contributed by atoms with E-state index in [0.717, 1.165) is 0 Å². The number of benzene rings is 1. The summed E-state index contributed by atoms with van der Waals surface area (Å²) < 4.78 is 0. The zero-order chi connectivity index (χ0) is 13.5. The maximum Gasteiger partial charge on any atom is 0.176 e. The molecule has 0 aromatic heterocycles. The first kappa shape index (κ1) is 14.5. The normalized spacial score (nSPS) is 9.83. The maximum atomic E-state index is 11.9. The minimum absolute atomic E-state index is 0.000911. The molecule has 0 spiro atoms. The summed E-state index contributed by atoms with van der Waals surface area (Å²) in [5, 5.41) is 17.8. The molecule has 0 amide bonds. The van der Waals surface area contributed by atoms with E-state index >= 15 is 0 Å². The zero-order valence-corrected chi connectivity index (χ0v) is 10.9. The summed E-state index contributed by atoms with van der Waals surface area (Å²) in [6, 6.07) is 8.39. The lowest BCUT2D eigenvalue weighted by Gasteiger charge is -2.14. The number of halogens is 2. The van der Waals surface area contributed by atoms with Gasteiger partial charge in [-0.3, -0.25) is 9.69 Å². The molecule has 0 N–H and O–H groups in total. The third kappa shape index (κ3) is 4.01. The second-order valence-corrected chi connectivity index (χ2v) is 4.33. The quantitative estimate of drug-likeness (QED) is 0.614. The SMILES string of the molecule is N#CCN(CC#N)CC(=O)c1ccc(Cl)c(Cl)c1. The van der Waals surface area contributed by atoms with Crippen LogP contribution in [-0.2, 0) is 0 Å². The van der Waals surface area contributed by atoms with E-state index in [1.807, 2.05) is 12.1 Å². The summed E-state index contributed by atoms with van der Waals surface area (Å²) >= 11 is 11.6. The Morgan fingerprint density at radius 1 is 1.17 bits per heavy atom. The highest BCUT2D eigenvalue weighted by Gasteiger charge is 2.13. The average molecular weight is 282 g/mol. The van der Waals surface area contributed by atoms with Crippen molar-refractivity contribution in [2.75, 3.05) is 19.6 Å². The molecule has 92 valence electrons. The van der Waals surface area contributed by atoms with Crippen LogP contribution >= 0.6 is 23.2 Å². The highest BCUT2D eigenvalue weighted by molar-refractivity contribution is 6.42. The lowest BCUT2D eigenvalue weighted by atomic mass is 10.1. The molecule has 1 aromatic rings. The molecule has 0 saturated carbocycles. The van der Waals surface area contributed by atoms with Gasteiger partial charge in [-0.05, 0) is 18.2 Å². The van der Waals surface area contributed by atoms with Crippen molar-refractivity contribution < 1.29 is 4.79 Å². The first-order valence-corrected chi connectivity index (χ1v) is 5.78. The van der Waals surface area contributed by atoms with Crippen molar-refractivity contribution >= 4 is 29.0 Å². The first-order valence-electron chi connectivity index (χ1n) is 5.03. The minimum Gasteiger partial charge on any atom is -0.293 e. The molecule has 0 aliphatic rings. The van der Waals surface area contributed by atoms with Gasteiger partial charge in [0.25, 0.3) is 0 Å². The molecular weight excluding hydrogens is 273 g/mol. The lowest BCUT2D eigenvalue weighted by Crippen LogP contribution is -2.30. The topological polar surface area (TPSA) is 67.9 Å². The smallest absolute Gasteiger partial charge is 0.176 e. The number of carbonyl (C=O) groups excluding carboxylic acids is 1. The Hall–Kier alpha value is -1.59. The van der Waals surface area contributed by atoms with Crippen LogP contribution in [0.4, 0.5) is 0 Å². The number of ketones is 1. The third-order valence-corrected chi connectivity index (χ3v) is 2.94. The van der Waals surface area contributed by atoms with Crippen LogP contribution in [0.2, 0.25) is 10.0 Å². The van der Waals surface area contributed by atoms with Gasteiger partial charge in [0.05, 0.1) is 41.8 Å². The largest absolute Gasteiger partial charge is 0.293 e. The molecule has 18 heavy (non-hydrogen) atoms. The summed E-state index contributed by atoms with van der Waals surface area (Å²) in [4.78, 5) is 13.4. The molecule has 0 heterocycles. The van der Waals surface area contributed by atoms with Crippen molar-refractivity contribution in [1.82, 2.24) is 4.90 Å². The van der Waals surface area contributed by atoms with Crippen LogP contribution in [-0.4, -0.2) is 30.3 Å². The molecular formula is C12H9Cl2N3O. The molecule has 1 rings (SSSR count). The van der Waals surface area contributed by atoms with E-state index in [0.29, 0.717) is 15.6 Å². The highest BCUT2D eigenvalue weighted by atomic mass is 35.5. The molecule has 0 fully saturated rings. The van der Waals surface area contributed by atoms with Gasteiger partial charge < -0.3 is 0 Å². The number of nitrogens with zero attached hydrogens (tertiary/aromatic N) is 3. The molecule has 0 aliphatic heterocycles. The predicted molar refractivity (Wildman–Crippen MR) is 68.5 cm³/mol. The molecule has 0 atom stereocenters. The molecule has 0 unspecified atom stereocenters. The van der Waals surface area contributed by atoms with E-state index < -0.39 is 0 Å². The van der Waals surface area contributed by atoms with Crippen LogP contribution in [0.5, 0.6) is 0 Å². The van der Waals surface area contributed by atoms with Gasteiger partial charge in [0.1, 0.15) is 0 Å². The number of carbonyl (C=O) groups is 1. The maximum absolute atomic E-state index is 11.9. The second kappa shape index (κ2) is 6.98. The van der Waals surface area contributed by atoms with Gasteiger partial charge in [-0.2, -0.15) is 10.5 Å². The van der Waals surface area contributed by atoms with Crippen LogP contribution in [0, 0.1) is 22.7 Å². The standard InChI is InChI=1S/C12H9Cl2N3O/c13-10-2-1-9(7-11(10)14)12(18)8-17(5-3-15)6-4-16/h1-2,7H,5-6,8H2. The summed E-state index contributed by atoms with van der Waals surface area (Å²) in [5.74, 6) is -0.209. The van der Waals surface area contributed by atoms with Crippen molar-refractivity contribution in [1.29, 1.82) is 10.5 Å². The number of hydrogen-bond acceptors (Lipinski definition) is 4. The van der Waals surface area contributed by atoms with Crippen LogP contribution < -0.4 is 0 Å². The molecule has 4 nitrogen and oxygen atoms in total. The summed E-state index contributed by atoms with van der Waals surface area (Å²) in [6.07, 6.45) is 0. The number of hydrogen-bond donors (Lipinski definition) is 0. The van der Waals surface area contributed by atoms with E-state index in [-0.39, 0.29) is 25.4 Å². The summed E-state index contributed by atoms with van der Waals surface area (Å²) in [6.45, 7) is 0.0559. The monoisotopic (exact) mass is 281 g/mol. The Morgan fingerprint density at radius 3 is 2.28 bits per heavy atom. The van der Waals surface area contributed by atoms with Crippen LogP contribution in [0.25, 0.3) is 0 Å². The Kier molecular flexibility index (Phi) is 5.61. The van der Waals surface area contributed by atoms with Gasteiger partial charge in [-0.25, -0.2) is 0 Å². The van der Waals surface area contributed by atoms with Gasteiger partial charge in [0.15, 0.2) is 5.78 Å². The average Bonchev–Trinajstić information content (AvgIpc) is 2.33. The zero-order valence-electron chi connectivity index (χ0n) is 9.36. The second-order valence-electron chi connectivity index (χ2n) is 3.51. The van der Waals surface area contributed by atoms with Gasteiger partial charge in [-0.15, -0.1) is 0 Å². The highest BCUT2D eigenvalue weighted by Crippen LogP contribution is 2.22. The Bertz CT molecular complexity index is 515. The minimum atomic E-state index is -0.209. The lowest BCUT2D eigenvalue weighted by molar-refractivity contribution is 0.0946. The van der Waals surface area contributed by atoms with Gasteiger partial charge in [0, 0.05) is 5.56 Å². The van der Waals surface area contributed by atoms with Crippen molar-refractivity contribution in [3.63, 3.8) is 0 Å². The Morgan fingerprint density at radius 2 is 1.78 bits per heavy atom. The van der Waals surface area contributed by atoms with Crippen molar-refractivity contribution in [2.45, 2.75) is 0 Å². The summed E-state index contributed by atoms with van der Waals surface area (Å²) in [7, 11) is 0. The van der Waals surface area contributed by atoms with Crippen molar-refractivity contribution in [3.8, 4) is 12.1 Å². The molecule has 1 aromatic carbocycles. The van der Waals surface area contributed by atoms with E-state index in [1.54, 1.807) is 6.07 Å². The van der Waals surface area contributed by atoms with E-state index in [2.05, 4.69) is 0 Å². The van der Waals surface area contributed by atoms with Crippen LogP contribution in [0.3, 0.4) is 0 Å². The number of Topliss-reactive ketones (excluding diaryl/α,β-unsaturated/α-hetero) is 1. The third-order valence-electron chi connectivity index (χ3n) is 2.20. The fourth-order valence-corrected chi connectivity index (χ4v) is 1.63. The fourth-order valence-electron chi connectivity index (χ4n) is 1.33. The van der Waals surface area contributed by atoms with Crippen molar-refractivity contribution in [3.05, 3.63) is 33.8 Å². The number of nitriles is 2. The number of rotatable bonds is 5. The van der Waals surface area contributed by atoms with Gasteiger partial charge >= 0.3 is 0 Å². The summed E-state index contributed by atoms with van der Waals surface area (Å²) in [5.41, 5.74) is 0.408.